The number of amides is 2. The van der Waals surface area contributed by atoms with Crippen molar-refractivity contribution in [1.29, 1.82) is 0 Å². The summed E-state index contributed by atoms with van der Waals surface area (Å²) in [5, 5.41) is 3.19. The Balaban J connectivity index is 1.48. The van der Waals surface area contributed by atoms with Crippen LogP contribution in [0, 0.1) is 0 Å². The number of fused-ring (bicyclic) bond motifs is 2. The number of methoxy groups -OCH3 is 1. The summed E-state index contributed by atoms with van der Waals surface area (Å²) in [6.45, 7) is 0. The van der Waals surface area contributed by atoms with Crippen LogP contribution in [-0.4, -0.2) is 43.7 Å². The number of benzene rings is 1. The molecule has 0 saturated heterocycles. The van der Waals surface area contributed by atoms with Crippen molar-refractivity contribution in [3.63, 3.8) is 0 Å². The maximum atomic E-state index is 13.0. The van der Waals surface area contributed by atoms with Gasteiger partial charge in [0.05, 0.1) is 18.2 Å². The zero-order valence-electron chi connectivity index (χ0n) is 17.5. The number of nitrogens with zero attached hydrogens (tertiary/aromatic N) is 1. The Morgan fingerprint density at radius 2 is 1.91 bits per heavy atom. The Morgan fingerprint density at radius 1 is 1.16 bits per heavy atom. The topological polar surface area (TPSA) is 110 Å². The minimum atomic E-state index is -3.96. The lowest BCUT2D eigenvalue weighted by atomic mass is 10.1. The van der Waals surface area contributed by atoms with Crippen LogP contribution < -0.4 is 5.32 Å². The van der Waals surface area contributed by atoms with Crippen LogP contribution in [0.2, 0.25) is 0 Å². The first kappa shape index (κ1) is 21.1. The number of sulfonamides is 1. The number of nitrogens with one attached hydrogen (secondary N) is 1. The molecule has 32 heavy (non-hydrogen) atoms. The van der Waals surface area contributed by atoms with Crippen molar-refractivity contribution in [2.24, 2.45) is 0 Å². The Hall–Kier alpha value is -2.72. The molecular weight excluding hydrogens is 452 g/mol. The molecule has 2 aromatic rings. The highest BCUT2D eigenvalue weighted by Gasteiger charge is 2.48. The van der Waals surface area contributed by atoms with Gasteiger partial charge in [0.2, 0.25) is 0 Å². The van der Waals surface area contributed by atoms with Crippen LogP contribution in [0.1, 0.15) is 73.6 Å². The fourth-order valence-corrected chi connectivity index (χ4v) is 7.50. The first-order valence-electron chi connectivity index (χ1n) is 10.6. The van der Waals surface area contributed by atoms with Crippen molar-refractivity contribution < 1.29 is 27.5 Å². The molecule has 0 radical (unpaired) electrons. The summed E-state index contributed by atoms with van der Waals surface area (Å²) in [5.74, 6) is -1.58. The second-order valence-electron chi connectivity index (χ2n) is 8.26. The highest BCUT2D eigenvalue weighted by molar-refractivity contribution is 7.90. The summed E-state index contributed by atoms with van der Waals surface area (Å²) in [7, 11) is -2.65. The van der Waals surface area contributed by atoms with Gasteiger partial charge in [0.1, 0.15) is 9.90 Å². The molecule has 10 heteroatoms. The monoisotopic (exact) mass is 474 g/mol. The first-order chi connectivity index (χ1) is 15.3. The summed E-state index contributed by atoms with van der Waals surface area (Å²) >= 11 is 1.37. The van der Waals surface area contributed by atoms with Gasteiger partial charge in [-0.15, -0.1) is 11.3 Å². The van der Waals surface area contributed by atoms with Crippen LogP contribution >= 0.6 is 11.3 Å². The van der Waals surface area contributed by atoms with Gasteiger partial charge in [-0.05, 0) is 62.3 Å². The molecule has 0 atom stereocenters. The van der Waals surface area contributed by atoms with Gasteiger partial charge in [0, 0.05) is 16.5 Å². The summed E-state index contributed by atoms with van der Waals surface area (Å²) in [6, 6.07) is 3.78. The van der Waals surface area contributed by atoms with Crippen LogP contribution in [0.15, 0.2) is 23.1 Å². The molecule has 2 amide bonds. The molecule has 3 aliphatic rings. The number of rotatable bonds is 4. The summed E-state index contributed by atoms with van der Waals surface area (Å²) < 4.78 is 31.6. The van der Waals surface area contributed by atoms with Gasteiger partial charge in [-0.25, -0.2) is 17.5 Å². The van der Waals surface area contributed by atoms with E-state index in [9.17, 15) is 22.8 Å². The van der Waals surface area contributed by atoms with Crippen LogP contribution in [0.3, 0.4) is 0 Å². The Kier molecular flexibility index (Phi) is 5.09. The van der Waals surface area contributed by atoms with Crippen molar-refractivity contribution in [2.75, 3.05) is 12.4 Å². The molecule has 5 rings (SSSR count). The second-order valence-corrected chi connectivity index (χ2v) is 11.2. The Morgan fingerprint density at radius 3 is 2.62 bits per heavy atom. The molecule has 1 aromatic carbocycles. The summed E-state index contributed by atoms with van der Waals surface area (Å²) in [6.07, 6.45) is 5.99. The number of esters is 1. The van der Waals surface area contributed by atoms with Crippen molar-refractivity contribution in [3.8, 4) is 0 Å². The predicted molar refractivity (Wildman–Crippen MR) is 118 cm³/mol. The van der Waals surface area contributed by atoms with Gasteiger partial charge in [0.25, 0.3) is 21.8 Å². The van der Waals surface area contributed by atoms with Crippen LogP contribution in [0.5, 0.6) is 0 Å². The van der Waals surface area contributed by atoms with Crippen LogP contribution in [0.25, 0.3) is 0 Å². The van der Waals surface area contributed by atoms with Gasteiger partial charge in [0.15, 0.2) is 0 Å². The number of hydrogen-bond acceptors (Lipinski definition) is 7. The standard InChI is InChI=1S/C22H22N2O6S2/c1-30-22(27)18-14-5-3-2-4-6-16(14)31-20(18)23-19(25)12-7-10-15-17(11-12)32(28,29)24(21(15)26)13-8-9-13/h7,10-11,13H,2-6,8-9H2,1H3,(H,23,25). The van der Waals surface area contributed by atoms with E-state index in [1.54, 1.807) is 0 Å². The van der Waals surface area contributed by atoms with Gasteiger partial charge >= 0.3 is 5.97 Å². The van der Waals surface area contributed by atoms with Crippen molar-refractivity contribution in [3.05, 3.63) is 45.3 Å². The smallest absolute Gasteiger partial charge is 0.341 e. The number of aryl methyl sites for hydroxylation is 1. The van der Waals surface area contributed by atoms with E-state index in [0.717, 1.165) is 46.8 Å². The van der Waals surface area contributed by atoms with Gasteiger partial charge < -0.3 is 10.1 Å². The number of carbonyl (C=O) groups excluding carboxylic acids is 3. The molecule has 0 bridgehead atoms. The molecule has 1 fully saturated rings. The van der Waals surface area contributed by atoms with E-state index in [2.05, 4.69) is 5.32 Å². The quantitative estimate of drug-likeness (QED) is 0.538. The fraction of sp³-hybridized carbons (Fsp3) is 0.409. The summed E-state index contributed by atoms with van der Waals surface area (Å²) in [4.78, 5) is 39.0. The number of anilines is 1. The first-order valence-corrected chi connectivity index (χ1v) is 12.9. The molecule has 0 unspecified atom stereocenters. The van der Waals surface area contributed by atoms with E-state index in [1.807, 2.05) is 0 Å². The van der Waals surface area contributed by atoms with E-state index in [-0.39, 0.29) is 22.1 Å². The molecule has 168 valence electrons. The minimum Gasteiger partial charge on any atom is -0.465 e. The van der Waals surface area contributed by atoms with Gasteiger partial charge in [-0.2, -0.15) is 0 Å². The molecule has 2 aliphatic carbocycles. The number of ether oxygens (including phenoxy) is 1. The SMILES string of the molecule is COC(=O)c1c(NC(=O)c2ccc3c(c2)S(=O)(=O)N(C2CC2)C3=O)sc2c1CCCCC2. The Bertz CT molecular complexity index is 1260. The lowest BCUT2D eigenvalue weighted by molar-refractivity contribution is 0.0601. The zero-order valence-corrected chi connectivity index (χ0v) is 19.1. The molecule has 8 nitrogen and oxygen atoms in total. The maximum absolute atomic E-state index is 13.0. The molecule has 2 heterocycles. The van der Waals surface area contributed by atoms with Crippen LogP contribution in [-0.2, 0) is 27.6 Å². The van der Waals surface area contributed by atoms with E-state index in [1.165, 1.54) is 36.6 Å². The van der Waals surface area contributed by atoms with Crippen molar-refractivity contribution in [1.82, 2.24) is 4.31 Å². The number of thiophene rings is 1. The maximum Gasteiger partial charge on any atom is 0.341 e. The Labute approximate surface area is 189 Å². The summed E-state index contributed by atoms with van der Waals surface area (Å²) in [5.41, 5.74) is 1.51. The molecule has 1 saturated carbocycles. The van der Waals surface area contributed by atoms with E-state index in [4.69, 9.17) is 4.74 Å². The normalized spacial score (nSPS) is 19.2. The third-order valence-corrected chi connectivity index (χ3v) is 9.21. The third kappa shape index (κ3) is 3.32. The molecule has 1 aromatic heterocycles. The lowest BCUT2D eigenvalue weighted by Crippen LogP contribution is -2.31. The highest BCUT2D eigenvalue weighted by atomic mass is 32.2. The lowest BCUT2D eigenvalue weighted by Gasteiger charge is -2.13. The highest BCUT2D eigenvalue weighted by Crippen LogP contribution is 2.41. The fourth-order valence-electron chi connectivity index (χ4n) is 4.38. The number of hydrogen-bond donors (Lipinski definition) is 1. The number of carbonyl (C=O) groups is 3. The van der Waals surface area contributed by atoms with E-state index < -0.39 is 27.8 Å². The van der Waals surface area contributed by atoms with Crippen molar-refractivity contribution in [2.45, 2.75) is 55.9 Å². The average Bonchev–Trinajstić information content (AvgIpc) is 3.54. The third-order valence-electron chi connectivity index (χ3n) is 6.13. The van der Waals surface area contributed by atoms with E-state index in [0.29, 0.717) is 23.4 Å². The largest absolute Gasteiger partial charge is 0.465 e. The van der Waals surface area contributed by atoms with Gasteiger partial charge in [-0.3, -0.25) is 9.59 Å². The molecule has 1 aliphatic heterocycles. The minimum absolute atomic E-state index is 0.0894. The average molecular weight is 475 g/mol. The zero-order chi connectivity index (χ0) is 22.6. The van der Waals surface area contributed by atoms with Crippen molar-refractivity contribution >= 4 is 44.1 Å². The second kappa shape index (κ2) is 7.70. The molecule has 0 spiro atoms. The van der Waals surface area contributed by atoms with Crippen LogP contribution in [0.4, 0.5) is 5.00 Å². The molecular formula is C22H22N2O6S2. The van der Waals surface area contributed by atoms with Gasteiger partial charge in [-0.1, -0.05) is 6.42 Å². The predicted octanol–water partition coefficient (Wildman–Crippen LogP) is 3.36. The van der Waals surface area contributed by atoms with E-state index >= 15 is 0 Å². The molecule has 1 N–H and O–H groups in total.